The molecule has 0 amide bonds. The summed E-state index contributed by atoms with van der Waals surface area (Å²) in [6.07, 6.45) is 0.234. The zero-order chi connectivity index (χ0) is 15.0. The minimum absolute atomic E-state index is 0.0656. The molecule has 0 atom stereocenters. The molecule has 0 radical (unpaired) electrons. The smallest absolute Gasteiger partial charge is 0.306 e. The van der Waals surface area contributed by atoms with Crippen LogP contribution in [0.5, 0.6) is 0 Å². The van der Waals surface area contributed by atoms with E-state index in [1.165, 1.54) is 12.1 Å². The Hall–Kier alpha value is -1.91. The Morgan fingerprint density at radius 1 is 1.25 bits per heavy atom. The van der Waals surface area contributed by atoms with Gasteiger partial charge in [-0.1, -0.05) is 6.07 Å². The van der Waals surface area contributed by atoms with Crippen LogP contribution in [0.15, 0.2) is 24.3 Å². The van der Waals surface area contributed by atoms with Crippen molar-refractivity contribution in [3.8, 4) is 0 Å². The van der Waals surface area contributed by atoms with Crippen LogP contribution in [0.25, 0.3) is 0 Å². The highest BCUT2D eigenvalue weighted by atomic mass is 19.1. The second-order valence-electron chi connectivity index (χ2n) is 4.34. The summed E-state index contributed by atoms with van der Waals surface area (Å²) in [7, 11) is 0. The minimum atomic E-state index is -0.366. The lowest BCUT2D eigenvalue weighted by atomic mass is 10.2. The highest BCUT2D eigenvalue weighted by molar-refractivity contribution is 5.86. The lowest BCUT2D eigenvalue weighted by molar-refractivity contribution is -0.144. The summed E-state index contributed by atoms with van der Waals surface area (Å²) in [5.41, 5.74) is 0.664. The summed E-state index contributed by atoms with van der Waals surface area (Å²) in [6.45, 7) is 4.69. The first-order valence-corrected chi connectivity index (χ1v) is 6.74. The molecule has 0 saturated heterocycles. The molecule has 0 bridgehead atoms. The number of Topliss-reactive ketones (excluding diaryl/α,β-unsaturated/α-hetero) is 1. The lowest BCUT2D eigenvalue weighted by Crippen LogP contribution is -2.29. The Labute approximate surface area is 118 Å². The number of ether oxygens (including phenoxy) is 1. The first-order valence-electron chi connectivity index (χ1n) is 6.74. The van der Waals surface area contributed by atoms with Gasteiger partial charge in [0.25, 0.3) is 0 Å². The van der Waals surface area contributed by atoms with Crippen molar-refractivity contribution in [2.24, 2.45) is 0 Å². The summed E-state index contributed by atoms with van der Waals surface area (Å²) in [5, 5.41) is 0. The second-order valence-corrected chi connectivity index (χ2v) is 4.34. The van der Waals surface area contributed by atoms with E-state index in [0.717, 1.165) is 0 Å². The molecule has 0 aliphatic carbocycles. The quantitative estimate of drug-likeness (QED) is 0.687. The SMILES string of the molecule is CCOC(=O)CCC(=O)CN(CC)c1cccc(F)c1. The van der Waals surface area contributed by atoms with Gasteiger partial charge in [0.2, 0.25) is 0 Å². The topological polar surface area (TPSA) is 46.6 Å². The van der Waals surface area contributed by atoms with E-state index in [1.807, 2.05) is 6.92 Å². The Kier molecular flexibility index (Phi) is 6.70. The number of benzene rings is 1. The summed E-state index contributed by atoms with van der Waals surface area (Å²) in [5.74, 6) is -0.765. The van der Waals surface area contributed by atoms with Gasteiger partial charge >= 0.3 is 5.97 Å². The number of halogens is 1. The zero-order valence-corrected chi connectivity index (χ0v) is 11.9. The highest BCUT2D eigenvalue weighted by Gasteiger charge is 2.12. The number of hydrogen-bond donors (Lipinski definition) is 0. The van der Waals surface area contributed by atoms with E-state index in [2.05, 4.69) is 0 Å². The van der Waals surface area contributed by atoms with Gasteiger partial charge in [0.15, 0.2) is 5.78 Å². The third kappa shape index (κ3) is 5.38. The van der Waals surface area contributed by atoms with E-state index in [-0.39, 0.29) is 37.0 Å². The van der Waals surface area contributed by atoms with Crippen molar-refractivity contribution in [2.75, 3.05) is 24.6 Å². The maximum atomic E-state index is 13.2. The Morgan fingerprint density at radius 2 is 2.00 bits per heavy atom. The number of carbonyl (C=O) groups is 2. The molecule has 1 aromatic rings. The van der Waals surface area contributed by atoms with Gasteiger partial charge < -0.3 is 9.64 Å². The Morgan fingerprint density at radius 3 is 2.60 bits per heavy atom. The van der Waals surface area contributed by atoms with Crippen molar-refractivity contribution in [3.63, 3.8) is 0 Å². The molecule has 4 nitrogen and oxygen atoms in total. The summed E-state index contributed by atoms with van der Waals surface area (Å²) < 4.78 is 17.9. The molecule has 0 heterocycles. The van der Waals surface area contributed by atoms with Crippen molar-refractivity contribution in [2.45, 2.75) is 26.7 Å². The molecule has 0 fully saturated rings. The van der Waals surface area contributed by atoms with Crippen LogP contribution in [0, 0.1) is 5.82 Å². The van der Waals surface area contributed by atoms with Crippen molar-refractivity contribution in [3.05, 3.63) is 30.1 Å². The van der Waals surface area contributed by atoms with Gasteiger partial charge in [-0.05, 0) is 32.0 Å². The van der Waals surface area contributed by atoms with E-state index in [4.69, 9.17) is 4.74 Å². The standard InChI is InChI=1S/C15H20FNO3/c1-3-17(13-7-5-6-12(16)10-13)11-14(18)8-9-15(19)20-4-2/h5-7,10H,3-4,8-9,11H2,1-2H3. The van der Waals surface area contributed by atoms with Gasteiger partial charge in [-0.3, -0.25) is 9.59 Å². The number of likely N-dealkylation sites (N-methyl/N-ethyl adjacent to an activating group) is 1. The molecule has 110 valence electrons. The van der Waals surface area contributed by atoms with Gasteiger partial charge in [-0.2, -0.15) is 0 Å². The van der Waals surface area contributed by atoms with Crippen LogP contribution in [-0.2, 0) is 14.3 Å². The predicted molar refractivity (Wildman–Crippen MR) is 75.2 cm³/mol. The van der Waals surface area contributed by atoms with Gasteiger partial charge in [0, 0.05) is 18.7 Å². The number of ketones is 1. The molecule has 1 rings (SSSR count). The molecular formula is C15H20FNO3. The summed E-state index contributed by atoms with van der Waals surface area (Å²) in [4.78, 5) is 24.8. The zero-order valence-electron chi connectivity index (χ0n) is 11.9. The number of carbonyl (C=O) groups excluding carboxylic acids is 2. The van der Waals surface area contributed by atoms with Crippen molar-refractivity contribution in [1.82, 2.24) is 0 Å². The van der Waals surface area contributed by atoms with Crippen LogP contribution in [0.2, 0.25) is 0 Å². The monoisotopic (exact) mass is 281 g/mol. The number of hydrogen-bond acceptors (Lipinski definition) is 4. The average molecular weight is 281 g/mol. The molecular weight excluding hydrogens is 261 g/mol. The van der Waals surface area contributed by atoms with Gasteiger partial charge in [0.05, 0.1) is 19.6 Å². The number of nitrogens with zero attached hydrogens (tertiary/aromatic N) is 1. The molecule has 0 unspecified atom stereocenters. The third-order valence-corrected chi connectivity index (χ3v) is 2.84. The van der Waals surface area contributed by atoms with Gasteiger partial charge in [-0.25, -0.2) is 4.39 Å². The van der Waals surface area contributed by atoms with Crippen LogP contribution in [-0.4, -0.2) is 31.4 Å². The fourth-order valence-electron chi connectivity index (χ4n) is 1.83. The largest absolute Gasteiger partial charge is 0.466 e. The van der Waals surface area contributed by atoms with Crippen LogP contribution < -0.4 is 4.90 Å². The highest BCUT2D eigenvalue weighted by Crippen LogP contribution is 2.15. The van der Waals surface area contributed by atoms with Crippen molar-refractivity contribution in [1.29, 1.82) is 0 Å². The van der Waals surface area contributed by atoms with Crippen LogP contribution >= 0.6 is 0 Å². The molecule has 0 saturated carbocycles. The predicted octanol–water partition coefficient (Wildman–Crippen LogP) is 2.56. The van der Waals surface area contributed by atoms with Crippen LogP contribution in [0.3, 0.4) is 0 Å². The molecule has 20 heavy (non-hydrogen) atoms. The molecule has 5 heteroatoms. The van der Waals surface area contributed by atoms with E-state index in [1.54, 1.807) is 24.0 Å². The Bertz CT molecular complexity index is 462. The van der Waals surface area contributed by atoms with Gasteiger partial charge in [-0.15, -0.1) is 0 Å². The van der Waals surface area contributed by atoms with E-state index >= 15 is 0 Å². The molecule has 0 spiro atoms. The summed E-state index contributed by atoms with van der Waals surface area (Å²) in [6, 6.07) is 6.11. The fourth-order valence-corrected chi connectivity index (χ4v) is 1.83. The molecule has 0 aliphatic rings. The second kappa shape index (κ2) is 8.30. The van der Waals surface area contributed by atoms with Crippen LogP contribution in [0.4, 0.5) is 10.1 Å². The number of anilines is 1. The average Bonchev–Trinajstić information content (AvgIpc) is 2.43. The lowest BCUT2D eigenvalue weighted by Gasteiger charge is -2.22. The minimum Gasteiger partial charge on any atom is -0.466 e. The van der Waals surface area contributed by atoms with E-state index < -0.39 is 0 Å². The normalized spacial score (nSPS) is 10.2. The number of rotatable bonds is 8. The third-order valence-electron chi connectivity index (χ3n) is 2.84. The van der Waals surface area contributed by atoms with Crippen molar-refractivity contribution >= 4 is 17.4 Å². The first-order chi connectivity index (χ1) is 9.56. The fraction of sp³-hybridized carbons (Fsp3) is 0.467. The maximum absolute atomic E-state index is 13.2. The molecule has 0 aliphatic heterocycles. The van der Waals surface area contributed by atoms with Gasteiger partial charge in [0.1, 0.15) is 5.82 Å². The van der Waals surface area contributed by atoms with Crippen molar-refractivity contribution < 1.29 is 18.7 Å². The Balaban J connectivity index is 2.52. The molecule has 0 aromatic heterocycles. The van der Waals surface area contributed by atoms with Crippen LogP contribution in [0.1, 0.15) is 26.7 Å². The maximum Gasteiger partial charge on any atom is 0.306 e. The summed E-state index contributed by atoms with van der Waals surface area (Å²) >= 11 is 0. The first kappa shape index (κ1) is 16.1. The molecule has 1 aromatic carbocycles. The molecule has 0 N–H and O–H groups in total. The van der Waals surface area contributed by atoms with E-state index in [9.17, 15) is 14.0 Å². The number of esters is 1. The van der Waals surface area contributed by atoms with E-state index in [0.29, 0.717) is 18.8 Å².